The Balaban J connectivity index is 1.17. The number of nitrogens with one attached hydrogen (secondary N) is 1. The highest BCUT2D eigenvalue weighted by Crippen LogP contribution is 2.47. The number of fused-ring (bicyclic) bond motifs is 2. The van der Waals surface area contributed by atoms with Gasteiger partial charge in [-0.1, -0.05) is 41.6 Å². The number of piperidine rings is 1. The second-order valence-corrected chi connectivity index (χ2v) is 10.1. The molecule has 2 unspecified atom stereocenters. The number of thioether (sulfide) groups is 1. The van der Waals surface area contributed by atoms with Crippen LogP contribution >= 0.6 is 23.4 Å². The number of para-hydroxylation sites is 1. The van der Waals surface area contributed by atoms with Crippen molar-refractivity contribution in [3.8, 4) is 5.75 Å². The van der Waals surface area contributed by atoms with E-state index >= 15 is 0 Å². The molecule has 0 saturated carbocycles. The van der Waals surface area contributed by atoms with Crippen LogP contribution in [0.25, 0.3) is 11.3 Å². The van der Waals surface area contributed by atoms with Crippen LogP contribution in [0, 0.1) is 0 Å². The van der Waals surface area contributed by atoms with E-state index in [9.17, 15) is 0 Å². The Hall–Kier alpha value is -2.82. The Labute approximate surface area is 199 Å². The van der Waals surface area contributed by atoms with E-state index in [0.717, 1.165) is 48.2 Å². The van der Waals surface area contributed by atoms with Crippen molar-refractivity contribution < 1.29 is 4.74 Å². The Morgan fingerprint density at radius 3 is 2.85 bits per heavy atom. The van der Waals surface area contributed by atoms with E-state index in [1.807, 2.05) is 18.2 Å². The van der Waals surface area contributed by atoms with Gasteiger partial charge in [0, 0.05) is 44.1 Å². The van der Waals surface area contributed by atoms with Gasteiger partial charge in [-0.2, -0.15) is 4.98 Å². The first-order valence-electron chi connectivity index (χ1n) is 10.9. The van der Waals surface area contributed by atoms with Gasteiger partial charge in [-0.25, -0.2) is 15.0 Å². The molecule has 2 aromatic heterocycles. The Bertz CT molecular complexity index is 1280. The maximum atomic E-state index is 6.60. The SMILES string of the molecule is NC1=C(Cl)C(Sc2cnc3[nH]c(N4CCC5(CC4)Oc4ccccc4C5N)nc3n2)CC=N1. The monoisotopic (exact) mass is 482 g/mol. The highest BCUT2D eigenvalue weighted by atomic mass is 35.5. The van der Waals surface area contributed by atoms with Gasteiger partial charge in [0.15, 0.2) is 11.3 Å². The van der Waals surface area contributed by atoms with E-state index in [2.05, 4.69) is 30.9 Å². The molecule has 0 bridgehead atoms. The minimum absolute atomic E-state index is 0.0210. The molecule has 170 valence electrons. The molecule has 9 nitrogen and oxygen atoms in total. The van der Waals surface area contributed by atoms with Crippen LogP contribution in [-0.2, 0) is 0 Å². The highest BCUT2D eigenvalue weighted by Gasteiger charge is 2.48. The fourth-order valence-corrected chi connectivity index (χ4v) is 5.92. The van der Waals surface area contributed by atoms with Crippen molar-refractivity contribution >= 4 is 46.8 Å². The largest absolute Gasteiger partial charge is 0.485 e. The fourth-order valence-electron chi connectivity index (χ4n) is 4.70. The number of nitrogens with zero attached hydrogens (tertiary/aromatic N) is 5. The van der Waals surface area contributed by atoms with Crippen LogP contribution in [0.1, 0.15) is 30.9 Å². The number of hydrogen-bond acceptors (Lipinski definition) is 9. The predicted molar refractivity (Wildman–Crippen MR) is 130 cm³/mol. The summed E-state index contributed by atoms with van der Waals surface area (Å²) in [5, 5.41) is 1.27. The van der Waals surface area contributed by atoms with Gasteiger partial charge in [-0.3, -0.25) is 0 Å². The Morgan fingerprint density at radius 1 is 1.21 bits per heavy atom. The van der Waals surface area contributed by atoms with Crippen LogP contribution < -0.4 is 21.1 Å². The molecule has 3 aliphatic rings. The first-order chi connectivity index (χ1) is 16.0. The van der Waals surface area contributed by atoms with Crippen LogP contribution in [0.4, 0.5) is 5.95 Å². The molecule has 1 fully saturated rings. The third kappa shape index (κ3) is 3.53. The van der Waals surface area contributed by atoms with Gasteiger partial charge in [0.2, 0.25) is 5.95 Å². The molecule has 3 aliphatic heterocycles. The highest BCUT2D eigenvalue weighted by molar-refractivity contribution is 8.00. The van der Waals surface area contributed by atoms with E-state index in [4.69, 9.17) is 32.8 Å². The summed E-state index contributed by atoms with van der Waals surface area (Å²) in [5.74, 6) is 2.02. The zero-order valence-electron chi connectivity index (χ0n) is 17.7. The number of aliphatic imine (C=N–C) groups is 1. The van der Waals surface area contributed by atoms with Crippen molar-refractivity contribution in [3.63, 3.8) is 0 Å². The maximum Gasteiger partial charge on any atom is 0.206 e. The Morgan fingerprint density at radius 2 is 2.03 bits per heavy atom. The van der Waals surface area contributed by atoms with E-state index < -0.39 is 0 Å². The van der Waals surface area contributed by atoms with Gasteiger partial charge in [0.05, 0.1) is 22.5 Å². The number of aromatic amines is 1. The molecule has 1 aromatic carbocycles. The molecule has 3 aromatic rings. The number of H-pyrrole nitrogens is 1. The molecular formula is C22H23ClN8OS. The number of anilines is 1. The molecule has 2 atom stereocenters. The molecule has 0 radical (unpaired) electrons. The molecule has 33 heavy (non-hydrogen) atoms. The first-order valence-corrected chi connectivity index (χ1v) is 12.1. The lowest BCUT2D eigenvalue weighted by Gasteiger charge is -2.40. The molecule has 11 heteroatoms. The predicted octanol–water partition coefficient (Wildman–Crippen LogP) is 3.09. The number of imidazole rings is 1. The van der Waals surface area contributed by atoms with Crippen molar-refractivity contribution in [1.82, 2.24) is 19.9 Å². The van der Waals surface area contributed by atoms with Crippen LogP contribution in [-0.4, -0.2) is 50.1 Å². The standard InChI is InChI=1S/C22H23ClN8OS/c23-16-14(5-8-26-18(16)25)33-15-11-27-19-20(28-15)30-21(29-19)31-9-6-22(7-10-31)17(24)12-3-1-2-4-13(12)32-22/h1-4,8,11,14,17H,5-7,9-10,24-25H2,(H,27,28,29,30). The fraction of sp³-hybridized carbons (Fsp3) is 0.364. The molecule has 5 heterocycles. The number of ether oxygens (including phenoxy) is 1. The maximum absolute atomic E-state index is 6.60. The van der Waals surface area contributed by atoms with Crippen molar-refractivity contribution in [2.45, 2.75) is 41.2 Å². The number of benzene rings is 1. The lowest BCUT2D eigenvalue weighted by molar-refractivity contribution is 0.0430. The van der Waals surface area contributed by atoms with Crippen LogP contribution in [0.5, 0.6) is 5.75 Å². The summed E-state index contributed by atoms with van der Waals surface area (Å²) in [6.45, 7) is 1.56. The van der Waals surface area contributed by atoms with E-state index in [1.165, 1.54) is 11.8 Å². The Kier molecular flexibility index (Phi) is 4.97. The summed E-state index contributed by atoms with van der Waals surface area (Å²) in [6.07, 6.45) is 5.84. The molecular weight excluding hydrogens is 460 g/mol. The average molecular weight is 483 g/mol. The lowest BCUT2D eigenvalue weighted by atomic mass is 9.83. The third-order valence-corrected chi connectivity index (χ3v) is 8.29. The van der Waals surface area contributed by atoms with E-state index in [0.29, 0.717) is 28.6 Å². The van der Waals surface area contributed by atoms with E-state index in [1.54, 1.807) is 12.4 Å². The second kappa shape index (κ2) is 7.89. The average Bonchev–Trinajstić information content (AvgIpc) is 3.37. The third-order valence-electron chi connectivity index (χ3n) is 6.56. The van der Waals surface area contributed by atoms with Crippen molar-refractivity contribution in [3.05, 3.63) is 46.9 Å². The van der Waals surface area contributed by atoms with Crippen LogP contribution in [0.2, 0.25) is 0 Å². The van der Waals surface area contributed by atoms with Crippen molar-refractivity contribution in [1.29, 1.82) is 0 Å². The first kappa shape index (κ1) is 20.8. The summed E-state index contributed by atoms with van der Waals surface area (Å²) >= 11 is 7.83. The lowest BCUT2D eigenvalue weighted by Crippen LogP contribution is -2.51. The van der Waals surface area contributed by atoms with Crippen molar-refractivity contribution in [2.75, 3.05) is 18.0 Å². The summed E-state index contributed by atoms with van der Waals surface area (Å²) in [7, 11) is 0. The zero-order valence-corrected chi connectivity index (χ0v) is 19.3. The number of aromatic nitrogens is 4. The van der Waals surface area contributed by atoms with Gasteiger partial charge in [0.25, 0.3) is 0 Å². The quantitative estimate of drug-likeness (QED) is 0.519. The normalized spacial score (nSPS) is 23.9. The number of hydrogen-bond donors (Lipinski definition) is 3. The summed E-state index contributed by atoms with van der Waals surface area (Å²) < 4.78 is 6.35. The zero-order chi connectivity index (χ0) is 22.6. The molecule has 0 amide bonds. The minimum Gasteiger partial charge on any atom is -0.485 e. The summed E-state index contributed by atoms with van der Waals surface area (Å²) in [6, 6.07) is 7.94. The molecule has 6 rings (SSSR count). The topological polar surface area (TPSA) is 131 Å². The smallest absolute Gasteiger partial charge is 0.206 e. The molecule has 0 aliphatic carbocycles. The van der Waals surface area contributed by atoms with Crippen molar-refractivity contribution in [2.24, 2.45) is 16.5 Å². The summed E-state index contributed by atoms with van der Waals surface area (Å²) in [4.78, 5) is 23.5. The molecule has 5 N–H and O–H groups in total. The van der Waals surface area contributed by atoms with Gasteiger partial charge in [0.1, 0.15) is 22.2 Å². The number of halogens is 1. The summed E-state index contributed by atoms with van der Waals surface area (Å²) in [5.41, 5.74) is 14.4. The second-order valence-electron chi connectivity index (χ2n) is 8.50. The van der Waals surface area contributed by atoms with Crippen LogP contribution in [0.15, 0.2) is 51.3 Å². The molecule has 1 saturated heterocycles. The van der Waals surface area contributed by atoms with E-state index in [-0.39, 0.29) is 16.9 Å². The number of rotatable bonds is 3. The number of nitrogens with two attached hydrogens (primary N) is 2. The van der Waals surface area contributed by atoms with Gasteiger partial charge < -0.3 is 26.1 Å². The molecule has 1 spiro atoms. The van der Waals surface area contributed by atoms with Gasteiger partial charge in [-0.15, -0.1) is 0 Å². The van der Waals surface area contributed by atoms with Gasteiger partial charge >= 0.3 is 0 Å². The minimum atomic E-state index is -0.357. The van der Waals surface area contributed by atoms with Gasteiger partial charge in [-0.05, 0) is 6.07 Å². The van der Waals surface area contributed by atoms with Crippen LogP contribution in [0.3, 0.4) is 0 Å².